The van der Waals surface area contributed by atoms with Crippen LogP contribution in [0.1, 0.15) is 24.2 Å². The highest BCUT2D eigenvalue weighted by atomic mass is 35.5. The Morgan fingerprint density at radius 3 is 2.67 bits per heavy atom. The Kier molecular flexibility index (Phi) is 3.06. The van der Waals surface area contributed by atoms with Crippen LogP contribution in [0.3, 0.4) is 0 Å². The molecule has 1 rings (SSSR count). The van der Waals surface area contributed by atoms with E-state index in [2.05, 4.69) is 0 Å². The summed E-state index contributed by atoms with van der Waals surface area (Å²) in [6.07, 6.45) is -1.06. The first-order chi connectivity index (χ1) is 5.66. The molecule has 1 atom stereocenters. The third-order valence-electron chi connectivity index (χ3n) is 1.76. The molecule has 0 aliphatic rings. The summed E-state index contributed by atoms with van der Waals surface area (Å²) in [7, 11) is 0. The predicted octanol–water partition coefficient (Wildman–Crippen LogP) is 2.83. The summed E-state index contributed by atoms with van der Waals surface area (Å²) in [6.45, 7) is 1.78. The van der Waals surface area contributed by atoms with E-state index in [0.29, 0.717) is 17.1 Å². The minimum Gasteiger partial charge on any atom is -0.326 e. The summed E-state index contributed by atoms with van der Waals surface area (Å²) < 4.78 is 13.0. The van der Waals surface area contributed by atoms with Gasteiger partial charge in [-0.05, 0) is 18.6 Å². The standard InChI is InChI=1S/C9H11ClFN/c1-6(11)9-7(5-12)3-2-4-8(9)10/h2-4,6H,5,12H2,1H3. The molecule has 66 valence electrons. The largest absolute Gasteiger partial charge is 0.326 e. The fourth-order valence-corrected chi connectivity index (χ4v) is 1.55. The molecular weight excluding hydrogens is 177 g/mol. The van der Waals surface area contributed by atoms with Crippen LogP contribution in [0.25, 0.3) is 0 Å². The summed E-state index contributed by atoms with van der Waals surface area (Å²) >= 11 is 5.81. The molecule has 0 aliphatic carbocycles. The van der Waals surface area contributed by atoms with E-state index >= 15 is 0 Å². The Morgan fingerprint density at radius 1 is 1.58 bits per heavy atom. The molecule has 0 fully saturated rings. The van der Waals surface area contributed by atoms with E-state index in [0.717, 1.165) is 5.56 Å². The number of nitrogens with two attached hydrogens (primary N) is 1. The molecule has 1 aromatic carbocycles. The van der Waals surface area contributed by atoms with Crippen molar-refractivity contribution in [2.45, 2.75) is 19.6 Å². The first-order valence-corrected chi connectivity index (χ1v) is 4.16. The number of rotatable bonds is 2. The fourth-order valence-electron chi connectivity index (χ4n) is 1.21. The van der Waals surface area contributed by atoms with Gasteiger partial charge in [0, 0.05) is 17.1 Å². The van der Waals surface area contributed by atoms with E-state index in [-0.39, 0.29) is 0 Å². The van der Waals surface area contributed by atoms with Gasteiger partial charge < -0.3 is 5.73 Å². The van der Waals surface area contributed by atoms with Gasteiger partial charge in [-0.15, -0.1) is 0 Å². The predicted molar refractivity (Wildman–Crippen MR) is 48.9 cm³/mol. The second-order valence-electron chi connectivity index (χ2n) is 2.63. The fraction of sp³-hybridized carbons (Fsp3) is 0.333. The molecule has 12 heavy (non-hydrogen) atoms. The zero-order valence-electron chi connectivity index (χ0n) is 6.85. The minimum atomic E-state index is -1.06. The van der Waals surface area contributed by atoms with Crippen molar-refractivity contribution in [3.63, 3.8) is 0 Å². The summed E-state index contributed by atoms with van der Waals surface area (Å²) in [4.78, 5) is 0. The number of hydrogen-bond acceptors (Lipinski definition) is 1. The van der Waals surface area contributed by atoms with Gasteiger partial charge in [0.2, 0.25) is 0 Å². The molecule has 0 spiro atoms. The Labute approximate surface area is 76.3 Å². The number of benzene rings is 1. The smallest absolute Gasteiger partial charge is 0.124 e. The summed E-state index contributed by atoms with van der Waals surface area (Å²) in [5.41, 5.74) is 6.72. The molecule has 3 heteroatoms. The van der Waals surface area contributed by atoms with Crippen molar-refractivity contribution in [3.05, 3.63) is 34.3 Å². The Balaban J connectivity index is 3.20. The zero-order valence-corrected chi connectivity index (χ0v) is 7.61. The van der Waals surface area contributed by atoms with E-state index in [4.69, 9.17) is 17.3 Å². The average Bonchev–Trinajstić information content (AvgIpc) is 2.03. The van der Waals surface area contributed by atoms with Crippen LogP contribution >= 0.6 is 11.6 Å². The first kappa shape index (κ1) is 9.49. The third-order valence-corrected chi connectivity index (χ3v) is 2.09. The van der Waals surface area contributed by atoms with Gasteiger partial charge in [-0.3, -0.25) is 0 Å². The number of hydrogen-bond donors (Lipinski definition) is 1. The van der Waals surface area contributed by atoms with Gasteiger partial charge in [0.15, 0.2) is 0 Å². The Bertz CT molecular complexity index is 273. The molecule has 2 N–H and O–H groups in total. The molecule has 0 amide bonds. The SMILES string of the molecule is CC(F)c1c(Cl)cccc1CN. The van der Waals surface area contributed by atoms with E-state index in [1.165, 1.54) is 6.92 Å². The van der Waals surface area contributed by atoms with Crippen molar-refractivity contribution in [1.29, 1.82) is 0 Å². The monoisotopic (exact) mass is 187 g/mol. The van der Waals surface area contributed by atoms with E-state index in [1.807, 2.05) is 0 Å². The van der Waals surface area contributed by atoms with Crippen molar-refractivity contribution in [2.24, 2.45) is 5.73 Å². The highest BCUT2D eigenvalue weighted by Gasteiger charge is 2.11. The maximum atomic E-state index is 13.0. The number of alkyl halides is 1. The molecule has 0 aromatic heterocycles. The van der Waals surface area contributed by atoms with Gasteiger partial charge in [-0.25, -0.2) is 4.39 Å². The molecule has 0 saturated heterocycles. The molecule has 0 bridgehead atoms. The van der Waals surface area contributed by atoms with Crippen LogP contribution < -0.4 is 5.73 Å². The van der Waals surface area contributed by atoms with Gasteiger partial charge in [-0.1, -0.05) is 23.7 Å². The number of halogens is 2. The zero-order chi connectivity index (χ0) is 9.14. The van der Waals surface area contributed by atoms with Crippen molar-refractivity contribution in [3.8, 4) is 0 Å². The van der Waals surface area contributed by atoms with Gasteiger partial charge in [0.05, 0.1) is 0 Å². The summed E-state index contributed by atoms with van der Waals surface area (Å²) in [5.74, 6) is 0. The van der Waals surface area contributed by atoms with Crippen LogP contribution in [-0.2, 0) is 6.54 Å². The molecule has 1 aromatic rings. The topological polar surface area (TPSA) is 26.0 Å². The van der Waals surface area contributed by atoms with Crippen molar-refractivity contribution < 1.29 is 4.39 Å². The van der Waals surface area contributed by atoms with Crippen LogP contribution in [0.5, 0.6) is 0 Å². The Morgan fingerprint density at radius 2 is 2.25 bits per heavy atom. The van der Waals surface area contributed by atoms with Crippen molar-refractivity contribution >= 4 is 11.6 Å². The van der Waals surface area contributed by atoms with Crippen molar-refractivity contribution in [2.75, 3.05) is 0 Å². The van der Waals surface area contributed by atoms with Gasteiger partial charge in [-0.2, -0.15) is 0 Å². The maximum absolute atomic E-state index is 13.0. The second-order valence-corrected chi connectivity index (χ2v) is 3.04. The molecule has 1 unspecified atom stereocenters. The average molecular weight is 188 g/mol. The maximum Gasteiger partial charge on any atom is 0.124 e. The van der Waals surface area contributed by atoms with Crippen molar-refractivity contribution in [1.82, 2.24) is 0 Å². The van der Waals surface area contributed by atoms with Crippen LogP contribution in [0.2, 0.25) is 5.02 Å². The second kappa shape index (κ2) is 3.87. The van der Waals surface area contributed by atoms with Gasteiger partial charge in [0.1, 0.15) is 6.17 Å². The van der Waals surface area contributed by atoms with E-state index < -0.39 is 6.17 Å². The first-order valence-electron chi connectivity index (χ1n) is 3.78. The van der Waals surface area contributed by atoms with Gasteiger partial charge >= 0.3 is 0 Å². The van der Waals surface area contributed by atoms with Gasteiger partial charge in [0.25, 0.3) is 0 Å². The van der Waals surface area contributed by atoms with E-state index in [1.54, 1.807) is 18.2 Å². The molecule has 1 nitrogen and oxygen atoms in total. The lowest BCUT2D eigenvalue weighted by Gasteiger charge is -2.10. The third kappa shape index (κ3) is 1.76. The van der Waals surface area contributed by atoms with Crippen LogP contribution in [0.4, 0.5) is 4.39 Å². The lowest BCUT2D eigenvalue weighted by atomic mass is 10.0. The molecule has 0 heterocycles. The molecule has 0 saturated carbocycles. The summed E-state index contributed by atoms with van der Waals surface area (Å²) in [5, 5.41) is 0.452. The normalized spacial score (nSPS) is 13.0. The summed E-state index contributed by atoms with van der Waals surface area (Å²) in [6, 6.07) is 5.24. The van der Waals surface area contributed by atoms with E-state index in [9.17, 15) is 4.39 Å². The highest BCUT2D eigenvalue weighted by Crippen LogP contribution is 2.28. The Hall–Kier alpha value is -0.600. The molecule has 0 radical (unpaired) electrons. The van der Waals surface area contributed by atoms with Crippen LogP contribution in [0, 0.1) is 0 Å². The van der Waals surface area contributed by atoms with Crippen LogP contribution in [-0.4, -0.2) is 0 Å². The minimum absolute atomic E-state index is 0.324. The van der Waals surface area contributed by atoms with Crippen LogP contribution in [0.15, 0.2) is 18.2 Å². The quantitative estimate of drug-likeness (QED) is 0.757. The molecule has 0 aliphatic heterocycles. The lowest BCUT2D eigenvalue weighted by molar-refractivity contribution is 0.372. The molecular formula is C9H11ClFN. The highest BCUT2D eigenvalue weighted by molar-refractivity contribution is 6.31. The lowest BCUT2D eigenvalue weighted by Crippen LogP contribution is -2.02.